The highest BCUT2D eigenvalue weighted by atomic mass is 16.7. The first kappa shape index (κ1) is 13.8. The van der Waals surface area contributed by atoms with Gasteiger partial charge in [-0.3, -0.25) is 0 Å². The van der Waals surface area contributed by atoms with Gasteiger partial charge in [0.15, 0.2) is 6.04 Å². The maximum atomic E-state index is 11.5. The van der Waals surface area contributed by atoms with Gasteiger partial charge in [-0.05, 0) is 19.1 Å². The van der Waals surface area contributed by atoms with E-state index >= 15 is 0 Å². The lowest BCUT2D eigenvalue weighted by molar-refractivity contribution is -0.139. The molecule has 0 bridgehead atoms. The number of hydroxylamine groups is 1. The maximum Gasteiger partial charge on any atom is 0.433 e. The molecule has 18 heavy (non-hydrogen) atoms. The van der Waals surface area contributed by atoms with Crippen LogP contribution < -0.4 is 5.06 Å². The predicted octanol–water partition coefficient (Wildman–Crippen LogP) is 1.58. The Labute approximate surface area is 105 Å². The number of carbonyl (C=O) groups is 2. The lowest BCUT2D eigenvalue weighted by Crippen LogP contribution is -2.42. The van der Waals surface area contributed by atoms with Gasteiger partial charge >= 0.3 is 12.1 Å². The molecule has 0 fully saturated rings. The van der Waals surface area contributed by atoms with E-state index in [2.05, 4.69) is 0 Å². The van der Waals surface area contributed by atoms with Crippen molar-refractivity contribution in [2.75, 3.05) is 19.2 Å². The Morgan fingerprint density at radius 3 is 2.22 bits per heavy atom. The van der Waals surface area contributed by atoms with Crippen LogP contribution in [0.3, 0.4) is 0 Å². The third-order valence-corrected chi connectivity index (χ3v) is 2.26. The fourth-order valence-electron chi connectivity index (χ4n) is 1.20. The lowest BCUT2D eigenvalue weighted by Gasteiger charge is -2.27. The fraction of sp³-hybridized carbons (Fsp3) is 0.333. The van der Waals surface area contributed by atoms with Crippen LogP contribution in [0.2, 0.25) is 0 Å². The quantitative estimate of drug-likeness (QED) is 0.824. The molecular formula is C12H16N2O4. The van der Waals surface area contributed by atoms with E-state index in [0.29, 0.717) is 5.69 Å². The minimum atomic E-state index is -1.08. The van der Waals surface area contributed by atoms with Crippen molar-refractivity contribution in [1.29, 1.82) is 0 Å². The lowest BCUT2D eigenvalue weighted by atomic mass is 10.2. The van der Waals surface area contributed by atoms with E-state index < -0.39 is 18.1 Å². The van der Waals surface area contributed by atoms with Crippen LogP contribution in [0.5, 0.6) is 0 Å². The molecule has 0 spiro atoms. The minimum absolute atomic E-state index is 0.502. The van der Waals surface area contributed by atoms with Crippen molar-refractivity contribution in [3.05, 3.63) is 30.3 Å². The van der Waals surface area contributed by atoms with Gasteiger partial charge in [0.2, 0.25) is 0 Å². The molecule has 0 unspecified atom stereocenters. The number of carbonyl (C=O) groups excluding carboxylic acids is 1. The molecule has 1 rings (SSSR count). The fourth-order valence-corrected chi connectivity index (χ4v) is 1.20. The monoisotopic (exact) mass is 252 g/mol. The normalized spacial score (nSPS) is 11.5. The van der Waals surface area contributed by atoms with Gasteiger partial charge in [0.05, 0.1) is 5.69 Å². The van der Waals surface area contributed by atoms with Gasteiger partial charge in [0.25, 0.3) is 0 Å². The first-order chi connectivity index (χ1) is 8.43. The number of benzene rings is 1. The predicted molar refractivity (Wildman–Crippen MR) is 66.2 cm³/mol. The molecule has 1 aromatic rings. The average Bonchev–Trinajstić information content (AvgIpc) is 2.35. The van der Waals surface area contributed by atoms with Gasteiger partial charge in [-0.15, -0.1) is 0 Å². The highest BCUT2D eigenvalue weighted by Crippen LogP contribution is 2.17. The molecule has 0 aliphatic carbocycles. The van der Waals surface area contributed by atoms with Crippen LogP contribution in [0.15, 0.2) is 30.3 Å². The molecule has 1 amide bonds. The van der Waals surface area contributed by atoms with Crippen LogP contribution in [0.4, 0.5) is 10.5 Å². The van der Waals surface area contributed by atoms with Gasteiger partial charge in [-0.25, -0.2) is 9.59 Å². The molecule has 6 heteroatoms. The number of nitrogens with zero attached hydrogens (tertiary/aromatic N) is 2. The summed E-state index contributed by atoms with van der Waals surface area (Å²) in [6, 6.07) is 7.63. The standard InChI is InChI=1S/C12H16N2O4/c1-9(11(15)16)14(18-12(17)13(2)3)10-7-5-4-6-8-10/h4-9H,1-3H3,(H,15,16)/t9-/m0/s1. The largest absolute Gasteiger partial charge is 0.480 e. The Morgan fingerprint density at radius 2 is 1.78 bits per heavy atom. The third-order valence-electron chi connectivity index (χ3n) is 2.26. The summed E-state index contributed by atoms with van der Waals surface area (Å²) in [6.45, 7) is 1.44. The van der Waals surface area contributed by atoms with Crippen molar-refractivity contribution in [1.82, 2.24) is 4.90 Å². The first-order valence-corrected chi connectivity index (χ1v) is 5.40. The summed E-state index contributed by atoms with van der Waals surface area (Å²) in [5.74, 6) is -1.08. The maximum absolute atomic E-state index is 11.5. The summed E-state index contributed by atoms with van der Waals surface area (Å²) >= 11 is 0. The van der Waals surface area contributed by atoms with Crippen LogP contribution in [0.1, 0.15) is 6.92 Å². The van der Waals surface area contributed by atoms with E-state index in [1.165, 1.54) is 25.9 Å². The van der Waals surface area contributed by atoms with Crippen molar-refractivity contribution in [2.24, 2.45) is 0 Å². The molecule has 0 heterocycles. The molecular weight excluding hydrogens is 236 g/mol. The van der Waals surface area contributed by atoms with Crippen molar-refractivity contribution >= 4 is 17.7 Å². The first-order valence-electron chi connectivity index (χ1n) is 5.40. The summed E-state index contributed by atoms with van der Waals surface area (Å²) in [5, 5.41) is 10.1. The van der Waals surface area contributed by atoms with Gasteiger partial charge in [0.1, 0.15) is 0 Å². The summed E-state index contributed by atoms with van der Waals surface area (Å²) in [6.07, 6.45) is -0.632. The van der Waals surface area contributed by atoms with Gasteiger partial charge in [-0.2, -0.15) is 5.06 Å². The number of hydrogen-bond donors (Lipinski definition) is 1. The Hall–Kier alpha value is -2.24. The van der Waals surface area contributed by atoms with E-state index in [0.717, 1.165) is 5.06 Å². The number of hydrogen-bond acceptors (Lipinski definition) is 4. The highest BCUT2D eigenvalue weighted by molar-refractivity contribution is 5.78. The van der Waals surface area contributed by atoms with Crippen LogP contribution in [-0.2, 0) is 9.63 Å². The second kappa shape index (κ2) is 5.90. The molecule has 98 valence electrons. The topological polar surface area (TPSA) is 70.1 Å². The van der Waals surface area contributed by atoms with Crippen LogP contribution in [-0.4, -0.2) is 42.2 Å². The molecule has 1 atom stereocenters. The van der Waals surface area contributed by atoms with Crippen LogP contribution >= 0.6 is 0 Å². The number of carboxylic acid groups (broad SMARTS) is 1. The molecule has 1 N–H and O–H groups in total. The van der Waals surface area contributed by atoms with Crippen molar-refractivity contribution in [3.63, 3.8) is 0 Å². The second-order valence-corrected chi connectivity index (χ2v) is 3.93. The molecule has 0 saturated carbocycles. The van der Waals surface area contributed by atoms with E-state index in [1.807, 2.05) is 0 Å². The summed E-state index contributed by atoms with van der Waals surface area (Å²) < 4.78 is 0. The van der Waals surface area contributed by atoms with Gasteiger partial charge < -0.3 is 14.8 Å². The van der Waals surface area contributed by atoms with E-state index in [4.69, 9.17) is 9.94 Å². The Kier molecular flexibility index (Phi) is 4.53. The summed E-state index contributed by atoms with van der Waals surface area (Å²) in [7, 11) is 3.05. The van der Waals surface area contributed by atoms with Crippen molar-refractivity contribution < 1.29 is 19.5 Å². The zero-order valence-corrected chi connectivity index (χ0v) is 10.5. The number of aliphatic carboxylic acids is 1. The SMILES string of the molecule is C[C@@H](C(=O)O)N(OC(=O)N(C)C)c1ccccc1. The van der Waals surface area contributed by atoms with E-state index in [1.54, 1.807) is 30.3 Å². The molecule has 0 aliphatic rings. The number of rotatable bonds is 4. The zero-order valence-electron chi connectivity index (χ0n) is 10.5. The number of anilines is 1. The molecule has 6 nitrogen and oxygen atoms in total. The molecule has 0 radical (unpaired) electrons. The van der Waals surface area contributed by atoms with E-state index in [-0.39, 0.29) is 0 Å². The summed E-state index contributed by atoms with van der Waals surface area (Å²) in [5.41, 5.74) is 0.502. The number of para-hydroxylation sites is 1. The Bertz CT molecular complexity index is 419. The van der Waals surface area contributed by atoms with Crippen LogP contribution in [0.25, 0.3) is 0 Å². The van der Waals surface area contributed by atoms with Crippen LogP contribution in [0, 0.1) is 0 Å². The highest BCUT2D eigenvalue weighted by Gasteiger charge is 2.25. The average molecular weight is 252 g/mol. The zero-order chi connectivity index (χ0) is 13.7. The second-order valence-electron chi connectivity index (χ2n) is 3.93. The molecule has 0 saturated heterocycles. The Morgan fingerprint density at radius 1 is 1.22 bits per heavy atom. The minimum Gasteiger partial charge on any atom is -0.480 e. The smallest absolute Gasteiger partial charge is 0.433 e. The number of amides is 1. The number of carboxylic acids is 1. The van der Waals surface area contributed by atoms with E-state index in [9.17, 15) is 9.59 Å². The van der Waals surface area contributed by atoms with Crippen molar-refractivity contribution in [2.45, 2.75) is 13.0 Å². The molecule has 0 aliphatic heterocycles. The summed E-state index contributed by atoms with van der Waals surface area (Å²) in [4.78, 5) is 28.8. The van der Waals surface area contributed by atoms with Gasteiger partial charge in [-0.1, -0.05) is 18.2 Å². The van der Waals surface area contributed by atoms with Crippen molar-refractivity contribution in [3.8, 4) is 0 Å². The Balaban J connectivity index is 2.96. The van der Waals surface area contributed by atoms with Gasteiger partial charge in [0, 0.05) is 14.1 Å². The third kappa shape index (κ3) is 3.38. The molecule has 1 aromatic carbocycles. The molecule has 0 aromatic heterocycles.